The second-order valence-electron chi connectivity index (χ2n) is 6.26. The fourth-order valence-electron chi connectivity index (χ4n) is 2.77. The van der Waals surface area contributed by atoms with Crippen LogP contribution in [-0.4, -0.2) is 30.5 Å². The van der Waals surface area contributed by atoms with Gasteiger partial charge in [-0.1, -0.05) is 12.1 Å². The fourth-order valence-corrected chi connectivity index (χ4v) is 3.13. The molecule has 0 bridgehead atoms. The second-order valence-corrected chi connectivity index (χ2v) is 7.04. The molecule has 2 heterocycles. The first-order valence-electron chi connectivity index (χ1n) is 8.59. The molecule has 0 atom stereocenters. The van der Waals surface area contributed by atoms with Gasteiger partial charge in [0.15, 0.2) is 0 Å². The van der Waals surface area contributed by atoms with E-state index >= 15 is 0 Å². The maximum atomic E-state index is 4.86. The minimum atomic E-state index is 0. The van der Waals surface area contributed by atoms with E-state index in [-0.39, 0.29) is 20.4 Å². The van der Waals surface area contributed by atoms with E-state index in [0.29, 0.717) is 0 Å². The molecule has 8 nitrogen and oxygen atoms in total. The van der Waals surface area contributed by atoms with E-state index in [2.05, 4.69) is 45.5 Å². The number of nitrogens with two attached hydrogens (primary N) is 1. The van der Waals surface area contributed by atoms with E-state index in [4.69, 9.17) is 5.90 Å². The molecule has 0 saturated carbocycles. The molecule has 0 amide bonds. The molecule has 3 rings (SSSR count). The Morgan fingerprint density at radius 2 is 1.57 bits per heavy atom. The first kappa shape index (κ1) is 22.8. The Hall–Kier alpha value is -1.51. The standard InChI is InChI=1S/C18H24N6O2S.Re/c1-22-11-8-20-17(22)13-24(14-18-21-9-12-23(18)2)10-7-15-3-5-16(6-4-15)27-26-25-19;/h3-6,8-9,11-12H,7,10,13-14,19H2,1-2H3;. The summed E-state index contributed by atoms with van der Waals surface area (Å²) in [6.07, 6.45) is 8.53. The fraction of sp³-hybridized carbons (Fsp3) is 0.333. The van der Waals surface area contributed by atoms with E-state index in [1.54, 1.807) is 0 Å². The van der Waals surface area contributed by atoms with Gasteiger partial charge < -0.3 is 9.13 Å². The molecule has 2 N–H and O–H groups in total. The Labute approximate surface area is 182 Å². The van der Waals surface area contributed by atoms with Crippen LogP contribution in [0.2, 0.25) is 0 Å². The Bertz CT molecular complexity index is 796. The smallest absolute Gasteiger partial charge is 0.122 e. The van der Waals surface area contributed by atoms with Gasteiger partial charge in [-0.05, 0) is 24.1 Å². The number of nitrogens with zero attached hydrogens (tertiary/aromatic N) is 5. The SMILES string of the molecule is Cn1ccnc1CN(CCc1ccc(SOON)cc1)Cc1nccn1C.[Re]. The number of benzene rings is 1. The molecule has 1 aromatic carbocycles. The number of rotatable bonds is 10. The van der Waals surface area contributed by atoms with Crippen molar-refractivity contribution >= 4 is 12.0 Å². The molecule has 151 valence electrons. The van der Waals surface area contributed by atoms with Gasteiger partial charge in [-0.3, -0.25) is 4.90 Å². The van der Waals surface area contributed by atoms with Crippen molar-refractivity contribution in [3.05, 3.63) is 66.3 Å². The zero-order chi connectivity index (χ0) is 19.1. The molecule has 0 spiro atoms. The third kappa shape index (κ3) is 6.53. The topological polar surface area (TPSA) is 83.4 Å². The Kier molecular flexibility index (Phi) is 9.34. The van der Waals surface area contributed by atoms with Gasteiger partial charge in [0.1, 0.15) is 11.6 Å². The minimum Gasteiger partial charge on any atom is -0.337 e. The van der Waals surface area contributed by atoms with E-state index in [0.717, 1.165) is 54.6 Å². The summed E-state index contributed by atoms with van der Waals surface area (Å²) in [4.78, 5) is 16.3. The van der Waals surface area contributed by atoms with E-state index in [1.165, 1.54) is 5.56 Å². The van der Waals surface area contributed by atoms with Crippen molar-refractivity contribution in [2.75, 3.05) is 6.54 Å². The molecule has 2 aromatic heterocycles. The first-order chi connectivity index (χ1) is 13.2. The largest absolute Gasteiger partial charge is 0.337 e. The molecule has 0 aliphatic rings. The van der Waals surface area contributed by atoms with Crippen LogP contribution in [0.1, 0.15) is 17.2 Å². The van der Waals surface area contributed by atoms with Gasteiger partial charge in [0.2, 0.25) is 0 Å². The molecular formula is C18H24N6O2ReS. The molecule has 0 aliphatic carbocycles. The quantitative estimate of drug-likeness (QED) is 0.226. The summed E-state index contributed by atoms with van der Waals surface area (Å²) in [6.45, 7) is 2.44. The molecule has 0 saturated heterocycles. The maximum absolute atomic E-state index is 4.86. The van der Waals surface area contributed by atoms with Crippen LogP contribution < -0.4 is 5.90 Å². The van der Waals surface area contributed by atoms with Crippen molar-refractivity contribution in [1.82, 2.24) is 24.0 Å². The number of aryl methyl sites for hydroxylation is 2. The number of hydrogen-bond donors (Lipinski definition) is 1. The van der Waals surface area contributed by atoms with Crippen molar-refractivity contribution in [1.29, 1.82) is 0 Å². The zero-order valence-corrected chi connectivity index (χ0v) is 19.4. The van der Waals surface area contributed by atoms with Gasteiger partial charge in [-0.25, -0.2) is 9.97 Å². The minimum absolute atomic E-state index is 0. The van der Waals surface area contributed by atoms with Crippen LogP contribution in [0.25, 0.3) is 0 Å². The summed E-state index contributed by atoms with van der Waals surface area (Å²) < 4.78 is 8.77. The van der Waals surface area contributed by atoms with Crippen LogP contribution >= 0.6 is 12.0 Å². The van der Waals surface area contributed by atoms with Crippen LogP contribution in [0.3, 0.4) is 0 Å². The predicted molar refractivity (Wildman–Crippen MR) is 103 cm³/mol. The molecule has 0 fully saturated rings. The second kappa shape index (κ2) is 11.5. The third-order valence-electron chi connectivity index (χ3n) is 4.38. The monoisotopic (exact) mass is 575 g/mol. The Morgan fingerprint density at radius 3 is 2.04 bits per heavy atom. The van der Waals surface area contributed by atoms with Gasteiger partial charge in [-0.15, -0.1) is 9.32 Å². The van der Waals surface area contributed by atoms with Gasteiger partial charge in [-0.2, -0.15) is 5.90 Å². The van der Waals surface area contributed by atoms with Crippen LogP contribution in [0.5, 0.6) is 0 Å². The Morgan fingerprint density at radius 1 is 1.00 bits per heavy atom. The van der Waals surface area contributed by atoms with Crippen molar-refractivity contribution in [3.63, 3.8) is 0 Å². The molecule has 28 heavy (non-hydrogen) atoms. The number of imidazole rings is 2. The third-order valence-corrected chi connectivity index (χ3v) is 4.99. The van der Waals surface area contributed by atoms with E-state index in [1.807, 2.05) is 51.0 Å². The molecule has 1 radical (unpaired) electrons. The summed E-state index contributed by atoms with van der Waals surface area (Å²) in [7, 11) is 4.04. The molecular weight excluding hydrogens is 551 g/mol. The first-order valence-corrected chi connectivity index (χ1v) is 9.33. The average Bonchev–Trinajstić information content (AvgIpc) is 3.27. The summed E-state index contributed by atoms with van der Waals surface area (Å²) in [5.74, 6) is 6.93. The van der Waals surface area contributed by atoms with E-state index in [9.17, 15) is 0 Å². The van der Waals surface area contributed by atoms with Gasteiger partial charge in [0.25, 0.3) is 0 Å². The summed E-state index contributed by atoms with van der Waals surface area (Å²) in [5.41, 5.74) is 1.25. The summed E-state index contributed by atoms with van der Waals surface area (Å²) >= 11 is 1.08. The maximum Gasteiger partial charge on any atom is 0.122 e. The van der Waals surface area contributed by atoms with Crippen LogP contribution in [0.15, 0.2) is 53.9 Å². The summed E-state index contributed by atoms with van der Waals surface area (Å²) in [5, 5.41) is 0. The zero-order valence-electron chi connectivity index (χ0n) is 15.9. The van der Waals surface area contributed by atoms with Crippen LogP contribution in [0.4, 0.5) is 0 Å². The summed E-state index contributed by atoms with van der Waals surface area (Å²) in [6, 6.07) is 8.14. The molecule has 10 heteroatoms. The molecule has 3 aromatic rings. The van der Waals surface area contributed by atoms with Gasteiger partial charge >= 0.3 is 0 Å². The predicted octanol–water partition coefficient (Wildman–Crippen LogP) is 2.23. The van der Waals surface area contributed by atoms with Crippen molar-refractivity contribution < 1.29 is 29.7 Å². The van der Waals surface area contributed by atoms with Gasteiger partial charge in [0, 0.05) is 70.7 Å². The van der Waals surface area contributed by atoms with E-state index < -0.39 is 0 Å². The van der Waals surface area contributed by atoms with Crippen molar-refractivity contribution in [3.8, 4) is 0 Å². The Balaban J connectivity index is 0.00000280. The molecule has 0 aliphatic heterocycles. The molecule has 0 unspecified atom stereocenters. The number of aromatic nitrogens is 4. The van der Waals surface area contributed by atoms with Crippen LogP contribution in [0, 0.1) is 0 Å². The van der Waals surface area contributed by atoms with Crippen molar-refractivity contribution in [2.24, 2.45) is 20.0 Å². The van der Waals surface area contributed by atoms with Crippen LogP contribution in [-0.2, 0) is 63.4 Å². The number of hydrogen-bond acceptors (Lipinski definition) is 7. The van der Waals surface area contributed by atoms with Gasteiger partial charge in [0.05, 0.1) is 25.1 Å². The van der Waals surface area contributed by atoms with Crippen molar-refractivity contribution in [2.45, 2.75) is 24.4 Å². The average molecular weight is 575 g/mol. The normalized spacial score (nSPS) is 11.0.